The maximum Gasteiger partial charge on any atom is 0.319 e. The van der Waals surface area contributed by atoms with Crippen LogP contribution >= 0.6 is 35.3 Å². The highest BCUT2D eigenvalue weighted by atomic mass is 32.2. The van der Waals surface area contributed by atoms with Crippen molar-refractivity contribution < 1.29 is 29.7 Å². The predicted octanol–water partition coefficient (Wildman–Crippen LogP) is 15.8. The van der Waals surface area contributed by atoms with E-state index < -0.39 is 27.9 Å². The molecule has 6 heterocycles. The topological polar surface area (TPSA) is 204 Å². The van der Waals surface area contributed by atoms with Crippen LogP contribution in [-0.4, -0.2) is 92.6 Å². The average Bonchev–Trinajstić information content (AvgIpc) is 1.71. The molecular weight excluding hydrogens is 1140 g/mol. The molecule has 12 aromatic rings. The second-order valence-electron chi connectivity index (χ2n) is 22.6. The van der Waals surface area contributed by atoms with E-state index in [1.807, 2.05) is 53.1 Å². The van der Waals surface area contributed by atoms with Crippen molar-refractivity contribution in [2.45, 2.75) is 115 Å². The SMILES string of the molecule is CC(C)(Sc1nc2ncccc2n1-c1ccc(C2CC2)c2ccccc12)C(=O)O.CC(Sc1nc2ncccc2n1-c1ccc(C2CC2)c2ccccc12)C(=O)O.O=C(O)CCCSc1nc2ncccc2n1-c1ccc(C2CC2)c2ccccc12. The zero-order valence-electron chi connectivity index (χ0n) is 47.6. The molecule has 86 heavy (non-hydrogen) atoms. The van der Waals surface area contributed by atoms with Gasteiger partial charge in [0.2, 0.25) is 0 Å². The van der Waals surface area contributed by atoms with Crippen LogP contribution in [0.5, 0.6) is 0 Å². The van der Waals surface area contributed by atoms with E-state index >= 15 is 0 Å². The van der Waals surface area contributed by atoms with Crippen molar-refractivity contribution in [2.75, 3.05) is 5.75 Å². The summed E-state index contributed by atoms with van der Waals surface area (Å²) in [6, 6.07) is 50.3. The Hall–Kier alpha value is -8.58. The summed E-state index contributed by atoms with van der Waals surface area (Å²) in [6.45, 7) is 5.08. The van der Waals surface area contributed by atoms with Gasteiger partial charge in [0.1, 0.15) is 10.00 Å². The van der Waals surface area contributed by atoms with Crippen LogP contribution < -0.4 is 0 Å². The van der Waals surface area contributed by atoms with E-state index in [-0.39, 0.29) is 6.42 Å². The van der Waals surface area contributed by atoms with E-state index in [9.17, 15) is 24.6 Å². The van der Waals surface area contributed by atoms with Crippen LogP contribution in [-0.2, 0) is 14.4 Å². The number of aliphatic carboxylic acids is 3. The van der Waals surface area contributed by atoms with Crippen molar-refractivity contribution in [3.63, 3.8) is 0 Å². The molecule has 3 fully saturated rings. The summed E-state index contributed by atoms with van der Waals surface area (Å²) in [7, 11) is 0. The van der Waals surface area contributed by atoms with Gasteiger partial charge >= 0.3 is 17.9 Å². The number of carbonyl (C=O) groups is 3. The van der Waals surface area contributed by atoms with Gasteiger partial charge < -0.3 is 15.3 Å². The lowest BCUT2D eigenvalue weighted by atomic mass is 9.99. The molecule has 15 nitrogen and oxygen atoms in total. The first-order chi connectivity index (χ1) is 41.8. The normalized spacial score (nSPS) is 14.5. The first-order valence-corrected chi connectivity index (χ1v) is 31.7. The van der Waals surface area contributed by atoms with Crippen LogP contribution in [0.4, 0.5) is 0 Å². The minimum Gasteiger partial charge on any atom is -0.481 e. The number of hydrogen-bond acceptors (Lipinski definition) is 12. The minimum atomic E-state index is -1.01. The van der Waals surface area contributed by atoms with E-state index in [2.05, 4.69) is 131 Å². The Labute approximate surface area is 508 Å². The molecule has 0 radical (unpaired) electrons. The predicted molar refractivity (Wildman–Crippen MR) is 343 cm³/mol. The van der Waals surface area contributed by atoms with Gasteiger partial charge in [-0.15, -0.1) is 0 Å². The molecule has 0 aliphatic heterocycles. The van der Waals surface area contributed by atoms with Gasteiger partial charge in [0, 0.05) is 46.9 Å². The third-order valence-corrected chi connectivity index (χ3v) is 19.2. The van der Waals surface area contributed by atoms with E-state index in [1.165, 1.54) is 100 Å². The molecule has 3 N–H and O–H groups in total. The summed E-state index contributed by atoms with van der Waals surface area (Å²) in [5.74, 6) is 0.195. The van der Waals surface area contributed by atoms with Crippen molar-refractivity contribution in [3.05, 3.63) is 181 Å². The first kappa shape index (κ1) is 56.5. The number of imidazole rings is 3. The molecule has 0 spiro atoms. The molecule has 6 aromatic heterocycles. The van der Waals surface area contributed by atoms with Gasteiger partial charge in [-0.2, -0.15) is 0 Å². The summed E-state index contributed by atoms with van der Waals surface area (Å²) in [6.07, 6.45) is 13.5. The maximum absolute atomic E-state index is 11.8. The zero-order valence-corrected chi connectivity index (χ0v) is 50.0. The van der Waals surface area contributed by atoms with Crippen LogP contribution in [0.3, 0.4) is 0 Å². The molecule has 0 bridgehead atoms. The maximum atomic E-state index is 11.8. The molecule has 432 valence electrons. The fourth-order valence-electron chi connectivity index (χ4n) is 11.2. The van der Waals surface area contributed by atoms with Gasteiger partial charge in [-0.25, -0.2) is 29.9 Å². The summed E-state index contributed by atoms with van der Waals surface area (Å²) >= 11 is 4.08. The monoisotopic (exact) mass is 1200 g/mol. The Morgan fingerprint density at radius 2 is 0.872 bits per heavy atom. The van der Waals surface area contributed by atoms with Crippen LogP contribution in [0, 0.1) is 0 Å². The van der Waals surface area contributed by atoms with E-state index in [0.29, 0.717) is 57.2 Å². The van der Waals surface area contributed by atoms with E-state index in [0.717, 1.165) is 49.5 Å². The summed E-state index contributed by atoms with van der Waals surface area (Å²) in [5.41, 5.74) is 12.0. The van der Waals surface area contributed by atoms with Crippen molar-refractivity contribution in [3.8, 4) is 17.1 Å². The van der Waals surface area contributed by atoms with Gasteiger partial charge in [-0.1, -0.05) is 126 Å². The van der Waals surface area contributed by atoms with Crippen molar-refractivity contribution in [2.24, 2.45) is 0 Å². The fraction of sp³-hybridized carbons (Fsp3) is 0.250. The molecule has 15 rings (SSSR count). The average molecular weight is 1200 g/mol. The molecule has 3 aliphatic rings. The van der Waals surface area contributed by atoms with Gasteiger partial charge in [0.25, 0.3) is 0 Å². The Morgan fingerprint density at radius 3 is 1.26 bits per heavy atom. The lowest BCUT2D eigenvalue weighted by Gasteiger charge is -2.20. The number of thioether (sulfide) groups is 3. The van der Waals surface area contributed by atoms with Crippen LogP contribution in [0.1, 0.15) is 107 Å². The number of carboxylic acid groups (broad SMARTS) is 3. The highest BCUT2D eigenvalue weighted by molar-refractivity contribution is 8.01. The molecule has 6 aromatic carbocycles. The van der Waals surface area contributed by atoms with E-state index in [1.54, 1.807) is 51.1 Å². The minimum absolute atomic E-state index is 0.171. The van der Waals surface area contributed by atoms with Crippen molar-refractivity contribution in [1.29, 1.82) is 0 Å². The lowest BCUT2D eigenvalue weighted by Crippen LogP contribution is -2.27. The summed E-state index contributed by atoms with van der Waals surface area (Å²) in [4.78, 5) is 61.3. The first-order valence-electron chi connectivity index (χ1n) is 29.0. The largest absolute Gasteiger partial charge is 0.481 e. The Balaban J connectivity index is 0.000000120. The Morgan fingerprint density at radius 1 is 0.500 bits per heavy atom. The molecule has 0 saturated heterocycles. The number of pyridine rings is 3. The van der Waals surface area contributed by atoms with Crippen LogP contribution in [0.25, 0.3) is 82.9 Å². The number of carboxylic acids is 3. The third kappa shape index (κ3) is 11.4. The van der Waals surface area contributed by atoms with Crippen molar-refractivity contribution >= 4 is 119 Å². The number of hydrogen-bond donors (Lipinski definition) is 3. The number of fused-ring (bicyclic) bond motifs is 6. The number of nitrogens with zero attached hydrogens (tertiary/aromatic N) is 9. The summed E-state index contributed by atoms with van der Waals surface area (Å²) < 4.78 is 5.26. The molecular formula is C68H61N9O6S3. The molecule has 1 unspecified atom stereocenters. The number of benzene rings is 6. The summed E-state index contributed by atoms with van der Waals surface area (Å²) in [5, 5.41) is 36.8. The Bertz CT molecular complexity index is 4600. The Kier molecular flexibility index (Phi) is 15.6. The van der Waals surface area contributed by atoms with Gasteiger partial charge in [-0.05, 0) is 171 Å². The highest BCUT2D eigenvalue weighted by Crippen LogP contribution is 2.48. The smallest absolute Gasteiger partial charge is 0.319 e. The second kappa shape index (κ2) is 23.7. The van der Waals surface area contributed by atoms with Gasteiger partial charge in [-0.3, -0.25) is 28.1 Å². The van der Waals surface area contributed by atoms with Crippen LogP contribution in [0.15, 0.2) is 180 Å². The number of aromatic nitrogens is 9. The van der Waals surface area contributed by atoms with Crippen molar-refractivity contribution in [1.82, 2.24) is 43.6 Å². The highest BCUT2D eigenvalue weighted by Gasteiger charge is 2.33. The molecule has 0 amide bonds. The van der Waals surface area contributed by atoms with Gasteiger partial charge in [0.15, 0.2) is 32.4 Å². The standard InChI is InChI=1S/2C23H21N3O2S.C22H19N3O2S/c1-23(2,21(27)28)29-22-25-20-19(8-5-13-24-20)26(22)18-12-11-15(14-9-10-14)16-6-3-4-7-17(16)18;27-21(28)8-4-14-29-23-25-22-20(7-3-13-24-22)26(23)19-12-11-16(15-9-10-15)17-5-1-2-6-18(17)19;1-13(21(26)27)28-22-24-20-19(7-4-12-23-20)25(22)18-11-10-15(14-8-9-14)16-5-2-3-6-17(16)18/h3-8,11-14H,9-10H2,1-2H3,(H,27,28);1-3,5-7,11-13,15H,4,8-10,14H2,(H,27,28);2-7,10-14H,8-9H2,1H3,(H,26,27). The number of rotatable bonds is 17. The van der Waals surface area contributed by atoms with Gasteiger partial charge in [0.05, 0.1) is 33.6 Å². The molecule has 18 heteroatoms. The molecule has 3 aliphatic carbocycles. The fourth-order valence-corrected chi connectivity index (χ4v) is 14.0. The quantitative estimate of drug-likeness (QED) is 0.0573. The zero-order chi connectivity index (χ0) is 59.2. The third-order valence-electron chi connectivity index (χ3n) is 16.0. The molecule has 3 saturated carbocycles. The molecule has 1 atom stereocenters. The van der Waals surface area contributed by atoms with E-state index in [4.69, 9.17) is 10.1 Å². The van der Waals surface area contributed by atoms with Crippen LogP contribution in [0.2, 0.25) is 0 Å². The lowest BCUT2D eigenvalue weighted by molar-refractivity contribution is -0.139. The second-order valence-corrected chi connectivity index (χ2v) is 26.5.